The molecule has 0 saturated carbocycles. The molecule has 3 aromatic rings. The van der Waals surface area contributed by atoms with Crippen molar-refractivity contribution in [2.75, 3.05) is 14.2 Å². The highest BCUT2D eigenvalue weighted by atomic mass is 79.9. The number of benzene rings is 3. The minimum Gasteiger partial charge on any atom is -0.493 e. The van der Waals surface area contributed by atoms with Crippen molar-refractivity contribution in [1.82, 2.24) is 5.01 Å². The Hall–Kier alpha value is -3.03. The molecule has 0 aliphatic carbocycles. The third-order valence-corrected chi connectivity index (χ3v) is 6.59. The summed E-state index contributed by atoms with van der Waals surface area (Å²) in [5.41, 5.74) is 3.17. The number of rotatable bonds is 5. The molecule has 0 unspecified atom stereocenters. The van der Waals surface area contributed by atoms with Gasteiger partial charge in [-0.3, -0.25) is 4.79 Å². The van der Waals surface area contributed by atoms with Crippen molar-refractivity contribution >= 4 is 39.0 Å². The van der Waals surface area contributed by atoms with Gasteiger partial charge in [0, 0.05) is 32.6 Å². The SMILES string of the molecule is COc1ccc(C2=NN3[C@H](C2)c2cc(Cl)ccc2O[C@H]3C(=O)c2ccc(Br)cc2)cc1OC. The average Bonchev–Trinajstić information content (AvgIpc) is 3.29. The van der Waals surface area contributed by atoms with Gasteiger partial charge < -0.3 is 14.2 Å². The van der Waals surface area contributed by atoms with Gasteiger partial charge in [-0.25, -0.2) is 5.01 Å². The van der Waals surface area contributed by atoms with Crippen LogP contribution in [0.3, 0.4) is 0 Å². The number of ether oxygens (including phenoxy) is 3. The monoisotopic (exact) mass is 526 g/mol. The number of carbonyl (C=O) groups is 1. The van der Waals surface area contributed by atoms with Crippen molar-refractivity contribution in [2.45, 2.75) is 18.7 Å². The number of hydrazone groups is 1. The second-order valence-electron chi connectivity index (χ2n) is 7.74. The number of carbonyl (C=O) groups excluding carboxylic acids is 1. The van der Waals surface area contributed by atoms with Crippen LogP contribution in [0.25, 0.3) is 0 Å². The fourth-order valence-corrected chi connectivity index (χ4v) is 4.62. The molecule has 2 aliphatic heterocycles. The molecular formula is C25H20BrClN2O4. The number of hydrogen-bond donors (Lipinski definition) is 0. The maximum absolute atomic E-state index is 13.4. The quantitative estimate of drug-likeness (QED) is 0.388. The summed E-state index contributed by atoms with van der Waals surface area (Å²) in [6.07, 6.45) is -0.293. The zero-order valence-corrected chi connectivity index (χ0v) is 20.3. The van der Waals surface area contributed by atoms with Crippen LogP contribution in [-0.2, 0) is 0 Å². The highest BCUT2D eigenvalue weighted by molar-refractivity contribution is 9.10. The molecule has 0 fully saturated rings. The highest BCUT2D eigenvalue weighted by Crippen LogP contribution is 2.45. The maximum Gasteiger partial charge on any atom is 0.251 e. The van der Waals surface area contributed by atoms with Crippen LogP contribution in [0.4, 0.5) is 0 Å². The third-order valence-electron chi connectivity index (χ3n) is 5.82. The van der Waals surface area contributed by atoms with Gasteiger partial charge in [-0.1, -0.05) is 39.7 Å². The fourth-order valence-electron chi connectivity index (χ4n) is 4.18. The molecule has 0 N–H and O–H groups in total. The molecule has 2 atom stereocenters. The maximum atomic E-state index is 13.4. The summed E-state index contributed by atoms with van der Waals surface area (Å²) in [5, 5.41) is 7.19. The first kappa shape index (κ1) is 21.8. The Labute approximate surface area is 204 Å². The van der Waals surface area contributed by atoms with Gasteiger partial charge in [0.25, 0.3) is 6.23 Å². The van der Waals surface area contributed by atoms with E-state index in [0.29, 0.717) is 34.3 Å². The lowest BCUT2D eigenvalue weighted by Crippen LogP contribution is -2.45. The zero-order chi connectivity index (χ0) is 23.1. The number of halogens is 2. The minimum absolute atomic E-state index is 0.162. The van der Waals surface area contributed by atoms with E-state index in [9.17, 15) is 4.79 Å². The molecule has 0 aromatic heterocycles. The predicted molar refractivity (Wildman–Crippen MR) is 130 cm³/mol. The number of hydrogen-bond acceptors (Lipinski definition) is 6. The van der Waals surface area contributed by atoms with Crippen LogP contribution in [0.1, 0.15) is 33.9 Å². The van der Waals surface area contributed by atoms with Gasteiger partial charge in [-0.15, -0.1) is 0 Å². The Morgan fingerprint density at radius 1 is 1.06 bits per heavy atom. The van der Waals surface area contributed by atoms with Crippen LogP contribution in [0, 0.1) is 0 Å². The topological polar surface area (TPSA) is 60.4 Å². The van der Waals surface area contributed by atoms with Crippen molar-refractivity contribution in [3.05, 3.63) is 86.8 Å². The van der Waals surface area contributed by atoms with E-state index in [0.717, 1.165) is 21.3 Å². The van der Waals surface area contributed by atoms with Gasteiger partial charge in [0.1, 0.15) is 5.75 Å². The summed E-state index contributed by atoms with van der Waals surface area (Å²) in [4.78, 5) is 13.4. The second kappa shape index (κ2) is 8.72. The molecule has 0 bridgehead atoms. The van der Waals surface area contributed by atoms with E-state index in [1.54, 1.807) is 37.4 Å². The van der Waals surface area contributed by atoms with Crippen LogP contribution in [0.2, 0.25) is 5.02 Å². The van der Waals surface area contributed by atoms with E-state index in [-0.39, 0.29) is 11.8 Å². The van der Waals surface area contributed by atoms with E-state index in [4.69, 9.17) is 30.9 Å². The van der Waals surface area contributed by atoms with Crippen LogP contribution in [0.15, 0.2) is 70.2 Å². The van der Waals surface area contributed by atoms with E-state index >= 15 is 0 Å². The highest BCUT2D eigenvalue weighted by Gasteiger charge is 2.43. The van der Waals surface area contributed by atoms with E-state index in [1.807, 2.05) is 42.5 Å². The molecule has 3 aromatic carbocycles. The van der Waals surface area contributed by atoms with Crippen molar-refractivity contribution in [3.8, 4) is 17.2 Å². The summed E-state index contributed by atoms with van der Waals surface area (Å²) in [6, 6.07) is 18.2. The Morgan fingerprint density at radius 3 is 2.55 bits per heavy atom. The lowest BCUT2D eigenvalue weighted by molar-refractivity contribution is -0.00455. The number of methoxy groups -OCH3 is 2. The van der Waals surface area contributed by atoms with E-state index < -0.39 is 6.23 Å². The molecule has 33 heavy (non-hydrogen) atoms. The second-order valence-corrected chi connectivity index (χ2v) is 9.09. The van der Waals surface area contributed by atoms with Crippen LogP contribution in [0.5, 0.6) is 17.2 Å². The molecule has 2 aliphatic rings. The summed E-state index contributed by atoms with van der Waals surface area (Å²) in [5.74, 6) is 1.73. The largest absolute Gasteiger partial charge is 0.493 e. The number of ketones is 1. The molecule has 0 amide bonds. The number of nitrogens with zero attached hydrogens (tertiary/aromatic N) is 2. The Balaban J connectivity index is 1.56. The molecule has 5 rings (SSSR count). The first-order valence-electron chi connectivity index (χ1n) is 10.3. The van der Waals surface area contributed by atoms with Gasteiger partial charge in [0.15, 0.2) is 11.5 Å². The zero-order valence-electron chi connectivity index (χ0n) is 17.9. The molecule has 0 radical (unpaired) electrons. The number of Topliss-reactive ketones (excluding diaryl/α,β-unsaturated/α-hetero) is 1. The van der Waals surface area contributed by atoms with Gasteiger partial charge in [0.05, 0.1) is 26.0 Å². The summed E-state index contributed by atoms with van der Waals surface area (Å²) in [7, 11) is 3.20. The summed E-state index contributed by atoms with van der Waals surface area (Å²) < 4.78 is 17.9. The lowest BCUT2D eigenvalue weighted by Gasteiger charge is -2.37. The Bertz CT molecular complexity index is 1260. The van der Waals surface area contributed by atoms with Crippen molar-refractivity contribution in [1.29, 1.82) is 0 Å². The molecule has 6 nitrogen and oxygen atoms in total. The van der Waals surface area contributed by atoms with Gasteiger partial charge >= 0.3 is 0 Å². The van der Waals surface area contributed by atoms with Crippen molar-refractivity contribution in [2.24, 2.45) is 5.10 Å². The van der Waals surface area contributed by atoms with E-state index in [1.165, 1.54) is 0 Å². The van der Waals surface area contributed by atoms with Crippen molar-refractivity contribution in [3.63, 3.8) is 0 Å². The van der Waals surface area contributed by atoms with Gasteiger partial charge in [0.2, 0.25) is 5.78 Å². The van der Waals surface area contributed by atoms with Crippen LogP contribution in [-0.4, -0.2) is 37.0 Å². The molecule has 0 spiro atoms. The standard InChI is InChI=1S/C25H20BrClN2O4/c1-31-22-9-5-15(11-23(22)32-2)19-13-20-18-12-17(27)8-10-21(18)33-25(29(20)28-19)24(30)14-3-6-16(26)7-4-14/h3-12,20,25H,13H2,1-2H3/t20-,25+/m1/s1. The molecule has 168 valence electrons. The number of fused-ring (bicyclic) bond motifs is 3. The Morgan fingerprint density at radius 2 is 1.82 bits per heavy atom. The molecular weight excluding hydrogens is 508 g/mol. The minimum atomic E-state index is -0.887. The normalized spacial score (nSPS) is 18.7. The summed E-state index contributed by atoms with van der Waals surface area (Å²) >= 11 is 9.70. The summed E-state index contributed by atoms with van der Waals surface area (Å²) in [6.45, 7) is 0. The molecule has 0 saturated heterocycles. The Kier molecular flexibility index (Phi) is 5.76. The lowest BCUT2D eigenvalue weighted by atomic mass is 9.95. The molecule has 8 heteroatoms. The predicted octanol–water partition coefficient (Wildman–Crippen LogP) is 5.87. The van der Waals surface area contributed by atoms with E-state index in [2.05, 4.69) is 15.9 Å². The third kappa shape index (κ3) is 3.96. The van der Waals surface area contributed by atoms with Crippen molar-refractivity contribution < 1.29 is 19.0 Å². The van der Waals surface area contributed by atoms with Crippen LogP contribution >= 0.6 is 27.5 Å². The molecule has 2 heterocycles. The smallest absolute Gasteiger partial charge is 0.251 e. The first-order chi connectivity index (χ1) is 16.0. The first-order valence-corrected chi connectivity index (χ1v) is 11.5. The van der Waals surface area contributed by atoms with Crippen LogP contribution < -0.4 is 14.2 Å². The average molecular weight is 528 g/mol. The fraction of sp³-hybridized carbons (Fsp3) is 0.200. The van der Waals surface area contributed by atoms with Gasteiger partial charge in [-0.05, 0) is 48.5 Å². The van der Waals surface area contributed by atoms with Gasteiger partial charge in [-0.2, -0.15) is 5.10 Å².